The van der Waals surface area contributed by atoms with Crippen molar-refractivity contribution in [3.63, 3.8) is 0 Å². The second-order valence-corrected chi connectivity index (χ2v) is 6.64. The number of halogens is 1. The minimum Gasteiger partial charge on any atom is -0.126 e. The molecule has 16 heavy (non-hydrogen) atoms. The minimum atomic E-state index is 0.950. The van der Waals surface area contributed by atoms with Crippen LogP contribution in [-0.4, -0.2) is 5.75 Å². The fourth-order valence-electron chi connectivity index (χ4n) is 2.30. The van der Waals surface area contributed by atoms with Crippen LogP contribution in [0.3, 0.4) is 0 Å². The van der Waals surface area contributed by atoms with Crippen LogP contribution >= 0.6 is 27.7 Å². The molecule has 1 saturated carbocycles. The van der Waals surface area contributed by atoms with Crippen molar-refractivity contribution in [1.82, 2.24) is 0 Å². The van der Waals surface area contributed by atoms with Gasteiger partial charge in [-0.15, -0.1) is 11.8 Å². The summed E-state index contributed by atoms with van der Waals surface area (Å²) in [5.41, 5.74) is 0. The van der Waals surface area contributed by atoms with E-state index in [1.54, 1.807) is 0 Å². The molecule has 2 heteroatoms. The van der Waals surface area contributed by atoms with E-state index >= 15 is 0 Å². The average molecular weight is 299 g/mol. The van der Waals surface area contributed by atoms with Gasteiger partial charge in [-0.2, -0.15) is 0 Å². The van der Waals surface area contributed by atoms with E-state index in [2.05, 4.69) is 40.2 Å². The summed E-state index contributed by atoms with van der Waals surface area (Å²) >= 11 is 5.55. The second kappa shape index (κ2) is 6.70. The van der Waals surface area contributed by atoms with E-state index < -0.39 is 0 Å². The summed E-state index contributed by atoms with van der Waals surface area (Å²) in [4.78, 5) is 1.40. The Morgan fingerprint density at radius 3 is 2.56 bits per heavy atom. The highest BCUT2D eigenvalue weighted by atomic mass is 79.9. The Morgan fingerprint density at radius 2 is 1.88 bits per heavy atom. The molecule has 0 radical (unpaired) electrons. The number of thioether (sulfide) groups is 1. The largest absolute Gasteiger partial charge is 0.126 e. The first-order valence-corrected chi connectivity index (χ1v) is 8.01. The van der Waals surface area contributed by atoms with Crippen molar-refractivity contribution in [1.29, 1.82) is 0 Å². The summed E-state index contributed by atoms with van der Waals surface area (Å²) in [7, 11) is 0. The summed E-state index contributed by atoms with van der Waals surface area (Å²) < 4.78 is 1.19. The van der Waals surface area contributed by atoms with E-state index in [0.717, 1.165) is 5.92 Å². The van der Waals surface area contributed by atoms with E-state index in [-0.39, 0.29) is 0 Å². The van der Waals surface area contributed by atoms with Gasteiger partial charge in [0.05, 0.1) is 0 Å². The number of benzene rings is 1. The molecule has 1 aromatic rings. The number of rotatable bonds is 3. The molecular formula is C14H19BrS. The van der Waals surface area contributed by atoms with Crippen LogP contribution in [0, 0.1) is 5.92 Å². The van der Waals surface area contributed by atoms with Crippen LogP contribution in [0.5, 0.6) is 0 Å². The zero-order valence-corrected chi connectivity index (χ0v) is 12.0. The summed E-state index contributed by atoms with van der Waals surface area (Å²) in [6, 6.07) is 8.66. The van der Waals surface area contributed by atoms with Crippen LogP contribution in [-0.2, 0) is 0 Å². The maximum Gasteiger partial charge on any atom is 0.0186 e. The molecule has 0 nitrogen and oxygen atoms in total. The van der Waals surface area contributed by atoms with Crippen LogP contribution in [0.2, 0.25) is 0 Å². The predicted octanol–water partition coefficient (Wildman–Crippen LogP) is 5.51. The lowest BCUT2D eigenvalue weighted by atomic mass is 10.0. The topological polar surface area (TPSA) is 0 Å². The van der Waals surface area contributed by atoms with Crippen LogP contribution in [0.4, 0.5) is 0 Å². The van der Waals surface area contributed by atoms with Crippen molar-refractivity contribution < 1.29 is 0 Å². The Kier molecular flexibility index (Phi) is 5.24. The molecule has 0 aliphatic heterocycles. The van der Waals surface area contributed by atoms with E-state index in [9.17, 15) is 0 Å². The van der Waals surface area contributed by atoms with Gasteiger partial charge in [0.15, 0.2) is 0 Å². The normalized spacial score (nSPS) is 18.3. The molecule has 0 heterocycles. The minimum absolute atomic E-state index is 0.950. The van der Waals surface area contributed by atoms with Gasteiger partial charge in [-0.1, -0.05) is 47.7 Å². The Balaban J connectivity index is 1.81. The Morgan fingerprint density at radius 1 is 1.12 bits per heavy atom. The molecule has 2 rings (SSSR count). The molecule has 0 amide bonds. The van der Waals surface area contributed by atoms with Crippen molar-refractivity contribution in [2.24, 2.45) is 5.92 Å². The zero-order chi connectivity index (χ0) is 11.2. The molecule has 0 bridgehead atoms. The lowest BCUT2D eigenvalue weighted by molar-refractivity contribution is 0.513. The van der Waals surface area contributed by atoms with Crippen molar-refractivity contribution in [2.75, 3.05) is 5.75 Å². The third-order valence-electron chi connectivity index (χ3n) is 3.26. The van der Waals surface area contributed by atoms with Gasteiger partial charge in [-0.25, -0.2) is 0 Å². The van der Waals surface area contributed by atoms with Gasteiger partial charge in [0.2, 0.25) is 0 Å². The molecule has 1 fully saturated rings. The quantitative estimate of drug-likeness (QED) is 0.523. The van der Waals surface area contributed by atoms with Gasteiger partial charge in [-0.05, 0) is 37.0 Å². The number of hydrogen-bond acceptors (Lipinski definition) is 1. The fourth-order valence-corrected chi connectivity index (χ4v) is 4.00. The molecule has 0 aromatic heterocycles. The van der Waals surface area contributed by atoms with E-state index in [0.29, 0.717) is 0 Å². The first kappa shape index (κ1) is 12.5. The SMILES string of the molecule is Brc1cccc(SCC2CCCCCC2)c1. The maximum atomic E-state index is 3.53. The van der Waals surface area contributed by atoms with Crippen molar-refractivity contribution in [3.05, 3.63) is 28.7 Å². The Bertz CT molecular complexity index is 316. The molecule has 0 unspecified atom stereocenters. The highest BCUT2D eigenvalue weighted by Crippen LogP contribution is 2.30. The second-order valence-electron chi connectivity index (χ2n) is 4.63. The van der Waals surface area contributed by atoms with Gasteiger partial charge in [0.25, 0.3) is 0 Å². The third kappa shape index (κ3) is 4.14. The third-order valence-corrected chi connectivity index (χ3v) is 4.98. The Labute approximate surface area is 111 Å². The Hall–Kier alpha value is 0.0500. The zero-order valence-electron chi connectivity index (χ0n) is 9.62. The van der Waals surface area contributed by atoms with Crippen molar-refractivity contribution >= 4 is 27.7 Å². The average Bonchev–Trinajstić information content (AvgIpc) is 2.55. The highest BCUT2D eigenvalue weighted by Gasteiger charge is 2.12. The first-order valence-electron chi connectivity index (χ1n) is 6.23. The molecule has 0 saturated heterocycles. The van der Waals surface area contributed by atoms with E-state index in [4.69, 9.17) is 0 Å². The number of hydrogen-bond donors (Lipinski definition) is 0. The monoisotopic (exact) mass is 298 g/mol. The summed E-state index contributed by atoms with van der Waals surface area (Å²) in [6.07, 6.45) is 8.70. The molecule has 1 aliphatic rings. The van der Waals surface area contributed by atoms with Gasteiger partial charge in [0, 0.05) is 15.1 Å². The van der Waals surface area contributed by atoms with Crippen LogP contribution in [0.15, 0.2) is 33.6 Å². The molecule has 1 aromatic carbocycles. The van der Waals surface area contributed by atoms with Crippen molar-refractivity contribution in [2.45, 2.75) is 43.4 Å². The molecule has 88 valence electrons. The van der Waals surface area contributed by atoms with Crippen LogP contribution in [0.25, 0.3) is 0 Å². The molecule has 0 N–H and O–H groups in total. The van der Waals surface area contributed by atoms with Gasteiger partial charge < -0.3 is 0 Å². The summed E-state index contributed by atoms with van der Waals surface area (Å²) in [5, 5.41) is 0. The van der Waals surface area contributed by atoms with Gasteiger partial charge in [0.1, 0.15) is 0 Å². The lowest BCUT2D eigenvalue weighted by Crippen LogP contribution is -2.01. The molecule has 0 atom stereocenters. The van der Waals surface area contributed by atoms with Gasteiger partial charge >= 0.3 is 0 Å². The van der Waals surface area contributed by atoms with Crippen LogP contribution < -0.4 is 0 Å². The lowest BCUT2D eigenvalue weighted by Gasteiger charge is -2.13. The van der Waals surface area contributed by atoms with Crippen LogP contribution in [0.1, 0.15) is 38.5 Å². The van der Waals surface area contributed by atoms with Gasteiger partial charge in [-0.3, -0.25) is 0 Å². The fraction of sp³-hybridized carbons (Fsp3) is 0.571. The van der Waals surface area contributed by atoms with E-state index in [1.165, 1.54) is 53.6 Å². The van der Waals surface area contributed by atoms with Crippen molar-refractivity contribution in [3.8, 4) is 0 Å². The highest BCUT2D eigenvalue weighted by molar-refractivity contribution is 9.10. The maximum absolute atomic E-state index is 3.53. The summed E-state index contributed by atoms with van der Waals surface area (Å²) in [5.74, 6) is 2.25. The summed E-state index contributed by atoms with van der Waals surface area (Å²) in [6.45, 7) is 0. The van der Waals surface area contributed by atoms with E-state index in [1.807, 2.05) is 11.8 Å². The standard InChI is InChI=1S/C14H19BrS/c15-13-8-5-9-14(10-13)16-11-12-6-3-1-2-4-7-12/h5,8-10,12H,1-4,6-7,11H2. The molecule has 0 spiro atoms. The smallest absolute Gasteiger partial charge is 0.0186 e. The molecule has 1 aliphatic carbocycles. The predicted molar refractivity (Wildman–Crippen MR) is 76.1 cm³/mol. The first-order chi connectivity index (χ1) is 7.84. The molecular weight excluding hydrogens is 280 g/mol.